The number of nitrogens with zero attached hydrogens (tertiary/aromatic N) is 2. The molecule has 0 aromatic carbocycles. The van der Waals surface area contributed by atoms with Crippen molar-refractivity contribution in [3.8, 4) is 0 Å². The number of ether oxygens (including phenoxy) is 1. The van der Waals surface area contributed by atoms with Gasteiger partial charge in [0, 0.05) is 0 Å². The van der Waals surface area contributed by atoms with Crippen LogP contribution in [0, 0.1) is 10.1 Å². The van der Waals surface area contributed by atoms with Gasteiger partial charge in [0.05, 0.1) is 12.2 Å². The number of rotatable bonds is 4. The Bertz CT molecular complexity index is 493. The summed E-state index contributed by atoms with van der Waals surface area (Å²) in [5, 5.41) is 10.6. The molecule has 0 saturated heterocycles. The van der Waals surface area contributed by atoms with E-state index in [1.54, 1.807) is 0 Å². The van der Waals surface area contributed by atoms with Gasteiger partial charge in [0.2, 0.25) is 0 Å². The zero-order chi connectivity index (χ0) is 13.9. The molecule has 0 atom stereocenters. The van der Waals surface area contributed by atoms with E-state index in [-0.39, 0.29) is 6.61 Å². The third-order valence-corrected chi connectivity index (χ3v) is 1.94. The quantitative estimate of drug-likeness (QED) is 0.501. The van der Waals surface area contributed by atoms with Crippen LogP contribution in [0.1, 0.15) is 29.4 Å². The van der Waals surface area contributed by atoms with Crippen LogP contribution in [-0.4, -0.2) is 22.5 Å². The Kier molecular flexibility index (Phi) is 4.08. The summed E-state index contributed by atoms with van der Waals surface area (Å²) in [6.45, 7) is 1.40. The second kappa shape index (κ2) is 5.34. The standard InChI is InChI=1S/C9H9F2N3O4/c1-2-18-9(15)6-4(7(10)11)3-5(12)8(13-6)14(16)17/h3,7H,2,12H2,1H3. The lowest BCUT2D eigenvalue weighted by Crippen LogP contribution is -2.13. The van der Waals surface area contributed by atoms with Gasteiger partial charge in [0.15, 0.2) is 0 Å². The zero-order valence-corrected chi connectivity index (χ0v) is 9.22. The molecule has 1 rings (SSSR count). The van der Waals surface area contributed by atoms with E-state index in [2.05, 4.69) is 9.72 Å². The van der Waals surface area contributed by atoms with Crippen LogP contribution in [0.25, 0.3) is 0 Å². The first kappa shape index (κ1) is 13.7. The molecule has 1 heterocycles. The van der Waals surface area contributed by atoms with E-state index in [4.69, 9.17) is 5.73 Å². The number of carbonyl (C=O) groups excluding carboxylic acids is 1. The summed E-state index contributed by atoms with van der Waals surface area (Å²) in [4.78, 5) is 24.2. The van der Waals surface area contributed by atoms with Crippen molar-refractivity contribution in [1.29, 1.82) is 0 Å². The number of pyridine rings is 1. The summed E-state index contributed by atoms with van der Waals surface area (Å²) < 4.78 is 29.8. The molecule has 0 spiro atoms. The second-order valence-corrected chi connectivity index (χ2v) is 3.12. The lowest BCUT2D eigenvalue weighted by Gasteiger charge is -2.05. The van der Waals surface area contributed by atoms with Crippen molar-refractivity contribution in [3.05, 3.63) is 27.4 Å². The minimum Gasteiger partial charge on any atom is -0.460 e. The number of nitro groups is 1. The molecule has 0 amide bonds. The molecule has 0 radical (unpaired) electrons. The van der Waals surface area contributed by atoms with Crippen molar-refractivity contribution in [1.82, 2.24) is 4.98 Å². The van der Waals surface area contributed by atoms with E-state index >= 15 is 0 Å². The number of hydrogen-bond acceptors (Lipinski definition) is 6. The lowest BCUT2D eigenvalue weighted by atomic mass is 10.1. The zero-order valence-electron chi connectivity index (χ0n) is 9.22. The molecule has 0 aliphatic heterocycles. The molecule has 0 aliphatic rings. The maximum absolute atomic E-state index is 12.7. The number of alkyl halides is 2. The number of nitrogens with two attached hydrogens (primary N) is 1. The summed E-state index contributed by atoms with van der Waals surface area (Å²) >= 11 is 0. The van der Waals surface area contributed by atoms with Crippen molar-refractivity contribution >= 4 is 17.5 Å². The molecule has 0 fully saturated rings. The smallest absolute Gasteiger partial charge is 0.387 e. The number of hydrogen-bond donors (Lipinski definition) is 1. The fraction of sp³-hybridized carbons (Fsp3) is 0.333. The first-order chi connectivity index (χ1) is 8.38. The highest BCUT2D eigenvalue weighted by Gasteiger charge is 2.30. The molecule has 1 aromatic rings. The minimum absolute atomic E-state index is 0.0681. The van der Waals surface area contributed by atoms with Crippen molar-refractivity contribution in [2.24, 2.45) is 0 Å². The molecule has 18 heavy (non-hydrogen) atoms. The van der Waals surface area contributed by atoms with Gasteiger partial charge in [0.25, 0.3) is 12.1 Å². The van der Waals surface area contributed by atoms with Gasteiger partial charge in [-0.2, -0.15) is 0 Å². The Hall–Kier alpha value is -2.32. The van der Waals surface area contributed by atoms with Crippen LogP contribution < -0.4 is 5.73 Å². The summed E-state index contributed by atoms with van der Waals surface area (Å²) in [7, 11) is 0. The molecule has 1 aromatic heterocycles. The molecule has 9 heteroatoms. The van der Waals surface area contributed by atoms with Crippen LogP contribution >= 0.6 is 0 Å². The van der Waals surface area contributed by atoms with Gasteiger partial charge in [-0.05, 0) is 22.9 Å². The molecule has 7 nitrogen and oxygen atoms in total. The van der Waals surface area contributed by atoms with E-state index in [9.17, 15) is 23.7 Å². The Morgan fingerprint density at radius 1 is 1.67 bits per heavy atom. The number of carbonyl (C=O) groups is 1. The van der Waals surface area contributed by atoms with Crippen LogP contribution in [0.3, 0.4) is 0 Å². The third kappa shape index (κ3) is 2.67. The van der Waals surface area contributed by atoms with Gasteiger partial charge in [-0.3, -0.25) is 0 Å². The Morgan fingerprint density at radius 2 is 2.28 bits per heavy atom. The largest absolute Gasteiger partial charge is 0.460 e. The summed E-state index contributed by atoms with van der Waals surface area (Å²) in [5.74, 6) is -2.02. The Labute approximate surface area is 99.7 Å². The predicted octanol–water partition coefficient (Wildman–Crippen LogP) is 1.69. The molecular formula is C9H9F2N3O4. The van der Waals surface area contributed by atoms with Gasteiger partial charge < -0.3 is 20.6 Å². The average molecular weight is 261 g/mol. The lowest BCUT2D eigenvalue weighted by molar-refractivity contribution is -0.388. The van der Waals surface area contributed by atoms with Gasteiger partial charge in [0.1, 0.15) is 5.69 Å². The van der Waals surface area contributed by atoms with Crippen LogP contribution in [-0.2, 0) is 4.74 Å². The first-order valence-corrected chi connectivity index (χ1v) is 4.78. The van der Waals surface area contributed by atoms with Gasteiger partial charge in [-0.1, -0.05) is 0 Å². The van der Waals surface area contributed by atoms with E-state index < -0.39 is 40.1 Å². The van der Waals surface area contributed by atoms with E-state index in [0.717, 1.165) is 0 Å². The third-order valence-electron chi connectivity index (χ3n) is 1.94. The monoisotopic (exact) mass is 261 g/mol. The first-order valence-electron chi connectivity index (χ1n) is 4.78. The fourth-order valence-electron chi connectivity index (χ4n) is 1.21. The highest BCUT2D eigenvalue weighted by Crippen LogP contribution is 2.29. The molecule has 0 aliphatic carbocycles. The second-order valence-electron chi connectivity index (χ2n) is 3.12. The summed E-state index contributed by atoms with van der Waals surface area (Å²) in [6.07, 6.45) is -3.04. The average Bonchev–Trinajstić information content (AvgIpc) is 2.28. The highest BCUT2D eigenvalue weighted by atomic mass is 19.3. The van der Waals surface area contributed by atoms with Crippen LogP contribution in [0.4, 0.5) is 20.3 Å². The number of nitrogen functional groups attached to an aromatic ring is 1. The van der Waals surface area contributed by atoms with Crippen molar-refractivity contribution < 1.29 is 23.2 Å². The summed E-state index contributed by atoms with van der Waals surface area (Å²) in [5.41, 5.74) is 3.08. The van der Waals surface area contributed by atoms with Gasteiger partial charge in [-0.15, -0.1) is 0 Å². The fourth-order valence-corrected chi connectivity index (χ4v) is 1.21. The molecule has 0 saturated carbocycles. The number of aromatic nitrogens is 1. The van der Waals surface area contributed by atoms with Gasteiger partial charge in [-0.25, -0.2) is 13.6 Å². The number of halogens is 2. The Morgan fingerprint density at radius 3 is 2.72 bits per heavy atom. The van der Waals surface area contributed by atoms with Crippen molar-refractivity contribution in [2.45, 2.75) is 13.3 Å². The van der Waals surface area contributed by atoms with Crippen LogP contribution in [0.5, 0.6) is 0 Å². The van der Waals surface area contributed by atoms with Crippen LogP contribution in [0.15, 0.2) is 6.07 Å². The van der Waals surface area contributed by atoms with Crippen LogP contribution in [0.2, 0.25) is 0 Å². The maximum Gasteiger partial charge on any atom is 0.387 e. The highest BCUT2D eigenvalue weighted by molar-refractivity contribution is 5.90. The van der Waals surface area contributed by atoms with Crippen molar-refractivity contribution in [2.75, 3.05) is 12.3 Å². The molecule has 2 N–H and O–H groups in total. The maximum atomic E-state index is 12.7. The number of esters is 1. The SMILES string of the molecule is CCOC(=O)c1nc([N+](=O)[O-])c(N)cc1C(F)F. The molecule has 98 valence electrons. The minimum atomic E-state index is -3.04. The Balaban J connectivity index is 3.40. The van der Waals surface area contributed by atoms with Gasteiger partial charge >= 0.3 is 11.8 Å². The van der Waals surface area contributed by atoms with E-state index in [0.29, 0.717) is 6.07 Å². The van der Waals surface area contributed by atoms with Crippen molar-refractivity contribution in [3.63, 3.8) is 0 Å². The van der Waals surface area contributed by atoms with E-state index in [1.165, 1.54) is 6.92 Å². The molecule has 0 unspecified atom stereocenters. The molecule has 0 bridgehead atoms. The normalized spacial score (nSPS) is 10.4. The number of anilines is 1. The summed E-state index contributed by atoms with van der Waals surface area (Å²) in [6, 6.07) is 0.655. The molecular weight excluding hydrogens is 252 g/mol. The predicted molar refractivity (Wildman–Crippen MR) is 56.2 cm³/mol. The topological polar surface area (TPSA) is 108 Å². The van der Waals surface area contributed by atoms with E-state index in [1.807, 2.05) is 0 Å².